The molecule has 0 aliphatic carbocycles. The van der Waals surface area contributed by atoms with Crippen LogP contribution in [-0.4, -0.2) is 31.6 Å². The standard InChI is InChI=1S/C23H26ClNO5.Na/c1-23(2,3)13-25-17-10-9-14(24)11-16(17)21(15-7-5-6-8-18(15)29-4)30-19(22(25)28)12-20(26)27;/h5-11,19,21H,12-13H2,1-4H3,(H,26,27);/q;+1/p-1/t19-,21-;/m1./s1. The number of benzene rings is 2. The molecule has 1 amide bonds. The molecule has 2 aromatic rings. The Morgan fingerprint density at radius 3 is 2.48 bits per heavy atom. The summed E-state index contributed by atoms with van der Waals surface area (Å²) in [5.74, 6) is -1.21. The number of hydrogen-bond acceptors (Lipinski definition) is 5. The zero-order chi connectivity index (χ0) is 22.1. The maximum atomic E-state index is 13.4. The molecule has 8 heteroatoms. The molecular formula is C23H25ClNNaO5. The molecule has 2 atom stereocenters. The Morgan fingerprint density at radius 2 is 1.87 bits per heavy atom. The second-order valence-corrected chi connectivity index (χ2v) is 8.95. The summed E-state index contributed by atoms with van der Waals surface area (Å²) < 4.78 is 11.6. The van der Waals surface area contributed by atoms with Gasteiger partial charge in [-0.3, -0.25) is 4.79 Å². The van der Waals surface area contributed by atoms with Crippen LogP contribution in [0, 0.1) is 5.41 Å². The molecular weight excluding hydrogens is 429 g/mol. The van der Waals surface area contributed by atoms with Crippen LogP contribution in [0.25, 0.3) is 0 Å². The van der Waals surface area contributed by atoms with E-state index in [0.29, 0.717) is 34.1 Å². The third-order valence-corrected chi connectivity index (χ3v) is 5.05. The number of amides is 1. The van der Waals surface area contributed by atoms with Crippen LogP contribution in [-0.2, 0) is 14.3 Å². The first-order chi connectivity index (χ1) is 14.1. The van der Waals surface area contributed by atoms with Gasteiger partial charge in [-0.1, -0.05) is 50.6 Å². The van der Waals surface area contributed by atoms with E-state index in [4.69, 9.17) is 21.1 Å². The van der Waals surface area contributed by atoms with Crippen LogP contribution >= 0.6 is 11.6 Å². The number of carbonyl (C=O) groups excluding carboxylic acids is 2. The molecule has 1 aliphatic rings. The van der Waals surface area contributed by atoms with Crippen molar-refractivity contribution in [3.63, 3.8) is 0 Å². The van der Waals surface area contributed by atoms with Crippen LogP contribution in [0.1, 0.15) is 44.4 Å². The van der Waals surface area contributed by atoms with Gasteiger partial charge in [0.2, 0.25) is 0 Å². The molecule has 160 valence electrons. The Bertz CT molecular complexity index is 959. The summed E-state index contributed by atoms with van der Waals surface area (Å²) >= 11 is 6.30. The van der Waals surface area contributed by atoms with E-state index in [9.17, 15) is 14.7 Å². The minimum Gasteiger partial charge on any atom is -0.550 e. The Labute approximate surface area is 209 Å². The number of aliphatic carboxylic acids is 1. The van der Waals surface area contributed by atoms with Crippen molar-refractivity contribution in [1.82, 2.24) is 0 Å². The second kappa shape index (κ2) is 10.4. The minimum atomic E-state index is -1.35. The topological polar surface area (TPSA) is 78.9 Å². The predicted molar refractivity (Wildman–Crippen MR) is 113 cm³/mol. The number of ether oxygens (including phenoxy) is 2. The van der Waals surface area contributed by atoms with Crippen molar-refractivity contribution in [2.75, 3.05) is 18.6 Å². The van der Waals surface area contributed by atoms with E-state index in [2.05, 4.69) is 0 Å². The minimum absolute atomic E-state index is 0. The second-order valence-electron chi connectivity index (χ2n) is 8.51. The summed E-state index contributed by atoms with van der Waals surface area (Å²) in [7, 11) is 1.55. The number of carbonyl (C=O) groups is 2. The quantitative estimate of drug-likeness (QED) is 0.611. The van der Waals surface area contributed by atoms with Gasteiger partial charge >= 0.3 is 29.6 Å². The first kappa shape index (κ1) is 25.7. The fourth-order valence-electron chi connectivity index (χ4n) is 3.62. The molecule has 6 nitrogen and oxygen atoms in total. The van der Waals surface area contributed by atoms with Gasteiger partial charge in [0.25, 0.3) is 5.91 Å². The number of carboxylic acids is 1. The number of anilines is 1. The molecule has 2 aromatic carbocycles. The number of nitrogens with zero attached hydrogens (tertiary/aromatic N) is 1. The molecule has 0 aromatic heterocycles. The molecule has 1 aliphatic heterocycles. The maximum Gasteiger partial charge on any atom is 1.00 e. The van der Waals surface area contributed by atoms with Crippen molar-refractivity contribution in [3.8, 4) is 5.75 Å². The van der Waals surface area contributed by atoms with Gasteiger partial charge in [-0.05, 0) is 29.7 Å². The molecule has 0 saturated carbocycles. The van der Waals surface area contributed by atoms with Gasteiger partial charge in [-0.15, -0.1) is 0 Å². The molecule has 0 spiro atoms. The van der Waals surface area contributed by atoms with Gasteiger partial charge in [0.05, 0.1) is 7.11 Å². The van der Waals surface area contributed by atoms with Gasteiger partial charge in [0.15, 0.2) is 0 Å². The van der Waals surface area contributed by atoms with Gasteiger partial charge in [0.1, 0.15) is 18.0 Å². The fourth-order valence-corrected chi connectivity index (χ4v) is 3.80. The van der Waals surface area contributed by atoms with Crippen molar-refractivity contribution < 1.29 is 53.7 Å². The zero-order valence-corrected chi connectivity index (χ0v) is 21.2. The molecule has 3 rings (SSSR count). The van der Waals surface area contributed by atoms with E-state index in [1.54, 1.807) is 36.3 Å². The molecule has 0 fully saturated rings. The Hall–Kier alpha value is -1.57. The van der Waals surface area contributed by atoms with Crippen LogP contribution in [0.2, 0.25) is 5.02 Å². The number of hydrogen-bond donors (Lipinski definition) is 0. The van der Waals surface area contributed by atoms with Crippen LogP contribution in [0.5, 0.6) is 5.75 Å². The summed E-state index contributed by atoms with van der Waals surface area (Å²) in [5.41, 5.74) is 1.75. The predicted octanol–water partition coefficient (Wildman–Crippen LogP) is 0.360. The van der Waals surface area contributed by atoms with Crippen molar-refractivity contribution in [1.29, 1.82) is 0 Å². The molecule has 0 bridgehead atoms. The normalized spacial score (nSPS) is 18.6. The third-order valence-electron chi connectivity index (χ3n) is 4.81. The number of methoxy groups -OCH3 is 1. The Balaban J connectivity index is 0.00000341. The molecule has 0 radical (unpaired) electrons. The van der Waals surface area contributed by atoms with E-state index in [1.165, 1.54) is 0 Å². The van der Waals surface area contributed by atoms with E-state index in [1.807, 2.05) is 39.0 Å². The first-order valence-corrected chi connectivity index (χ1v) is 10.1. The number of rotatable bonds is 5. The number of carboxylic acid groups (broad SMARTS) is 1. The molecule has 0 unspecified atom stereocenters. The van der Waals surface area contributed by atoms with E-state index >= 15 is 0 Å². The third kappa shape index (κ3) is 6.02. The average Bonchev–Trinajstić information content (AvgIpc) is 2.77. The SMILES string of the molecule is COc1ccccc1[C@H]1O[C@H](CC(=O)[O-])C(=O)N(CC(C)(C)C)c2ccc(Cl)cc21.[Na+]. The summed E-state index contributed by atoms with van der Waals surface area (Å²) in [6.07, 6.45) is -2.50. The number of fused-ring (bicyclic) bond motifs is 1. The van der Waals surface area contributed by atoms with E-state index < -0.39 is 30.5 Å². The van der Waals surface area contributed by atoms with Crippen molar-refractivity contribution >= 4 is 29.2 Å². The monoisotopic (exact) mass is 453 g/mol. The molecule has 0 saturated heterocycles. The van der Waals surface area contributed by atoms with Crippen molar-refractivity contribution in [3.05, 3.63) is 58.6 Å². The van der Waals surface area contributed by atoms with Gasteiger partial charge in [-0.25, -0.2) is 0 Å². The number of para-hydroxylation sites is 1. The largest absolute Gasteiger partial charge is 1.00 e. The average molecular weight is 454 g/mol. The first-order valence-electron chi connectivity index (χ1n) is 9.70. The van der Waals surface area contributed by atoms with E-state index in [0.717, 1.165) is 0 Å². The summed E-state index contributed by atoms with van der Waals surface area (Å²) in [6, 6.07) is 12.5. The smallest absolute Gasteiger partial charge is 0.550 e. The van der Waals surface area contributed by atoms with Gasteiger partial charge in [-0.2, -0.15) is 0 Å². The van der Waals surface area contributed by atoms with Crippen LogP contribution in [0.3, 0.4) is 0 Å². The van der Waals surface area contributed by atoms with Crippen LogP contribution in [0.15, 0.2) is 42.5 Å². The van der Waals surface area contributed by atoms with Crippen LogP contribution < -0.4 is 44.3 Å². The molecule has 0 N–H and O–H groups in total. The summed E-state index contributed by atoms with van der Waals surface area (Å²) in [4.78, 5) is 26.4. The Morgan fingerprint density at radius 1 is 1.19 bits per heavy atom. The molecule has 31 heavy (non-hydrogen) atoms. The fraction of sp³-hybridized carbons (Fsp3) is 0.391. The van der Waals surface area contributed by atoms with Crippen LogP contribution in [0.4, 0.5) is 5.69 Å². The van der Waals surface area contributed by atoms with E-state index in [-0.39, 0.29) is 35.0 Å². The maximum absolute atomic E-state index is 13.4. The zero-order valence-electron chi connectivity index (χ0n) is 18.5. The number of halogens is 1. The van der Waals surface area contributed by atoms with Crippen molar-refractivity contribution in [2.24, 2.45) is 5.41 Å². The Kier molecular flexibility index (Phi) is 8.59. The summed E-state index contributed by atoms with van der Waals surface area (Å²) in [6.45, 7) is 6.40. The van der Waals surface area contributed by atoms with Crippen molar-refractivity contribution in [2.45, 2.75) is 39.4 Å². The van der Waals surface area contributed by atoms with Gasteiger partial charge < -0.3 is 24.3 Å². The molecule has 1 heterocycles. The summed E-state index contributed by atoms with van der Waals surface area (Å²) in [5, 5.41) is 11.9. The van der Waals surface area contributed by atoms with Gasteiger partial charge in [0, 0.05) is 40.8 Å².